The van der Waals surface area contributed by atoms with Gasteiger partial charge >= 0.3 is 0 Å². The first-order chi connectivity index (χ1) is 11.5. The summed E-state index contributed by atoms with van der Waals surface area (Å²) in [7, 11) is 0. The molecular weight excluding hydrogens is 316 g/mol. The van der Waals surface area contributed by atoms with Gasteiger partial charge in [-0.15, -0.1) is 0 Å². The van der Waals surface area contributed by atoms with Gasteiger partial charge in [-0.3, -0.25) is 14.2 Å². The molecule has 1 aliphatic rings. The molecule has 0 aliphatic carbocycles. The predicted octanol–water partition coefficient (Wildman–Crippen LogP) is 1.67. The first-order valence-corrected chi connectivity index (χ1v) is 7.79. The van der Waals surface area contributed by atoms with E-state index in [1.165, 1.54) is 27.9 Å². The number of nitrogens with zero attached hydrogens (tertiary/aromatic N) is 3. The van der Waals surface area contributed by atoms with Crippen molar-refractivity contribution in [1.82, 2.24) is 14.5 Å². The molecule has 1 aliphatic heterocycles. The maximum absolute atomic E-state index is 13.7. The zero-order valence-corrected chi connectivity index (χ0v) is 13.3. The Morgan fingerprint density at radius 1 is 1.33 bits per heavy atom. The van der Waals surface area contributed by atoms with Crippen molar-refractivity contribution in [3.8, 4) is 0 Å². The van der Waals surface area contributed by atoms with E-state index in [9.17, 15) is 18.4 Å². The quantitative estimate of drug-likeness (QED) is 0.859. The van der Waals surface area contributed by atoms with Crippen LogP contribution in [0.1, 0.15) is 23.7 Å². The third kappa shape index (κ3) is 2.93. The molecule has 24 heavy (non-hydrogen) atoms. The molecule has 2 heterocycles. The van der Waals surface area contributed by atoms with Gasteiger partial charge < -0.3 is 4.90 Å². The number of carbonyl (C=O) groups is 1. The lowest BCUT2D eigenvalue weighted by molar-refractivity contribution is -0.131. The highest BCUT2D eigenvalue weighted by atomic mass is 19.2. The Hall–Kier alpha value is -2.57. The molecule has 0 saturated heterocycles. The fourth-order valence-electron chi connectivity index (χ4n) is 2.86. The minimum Gasteiger partial charge on any atom is -0.336 e. The minimum atomic E-state index is -0.993. The molecule has 0 N–H and O–H groups in total. The lowest BCUT2D eigenvalue weighted by Gasteiger charge is -2.28. The molecule has 126 valence electrons. The first-order valence-electron chi connectivity index (χ1n) is 7.79. The fraction of sp³-hybridized carbons (Fsp3) is 0.353. The van der Waals surface area contributed by atoms with Crippen LogP contribution in [0.15, 0.2) is 29.3 Å². The number of hydrogen-bond acceptors (Lipinski definition) is 3. The van der Waals surface area contributed by atoms with E-state index in [4.69, 9.17) is 0 Å². The largest absolute Gasteiger partial charge is 0.336 e. The van der Waals surface area contributed by atoms with Gasteiger partial charge in [0.25, 0.3) is 5.56 Å². The Morgan fingerprint density at radius 2 is 2.12 bits per heavy atom. The van der Waals surface area contributed by atoms with Crippen LogP contribution in [0, 0.1) is 11.6 Å². The molecule has 7 heteroatoms. The molecule has 1 aromatic heterocycles. The summed E-state index contributed by atoms with van der Waals surface area (Å²) in [4.78, 5) is 30.4. The average molecular weight is 333 g/mol. The van der Waals surface area contributed by atoms with Crippen molar-refractivity contribution in [3.05, 3.63) is 63.3 Å². The third-order valence-electron chi connectivity index (χ3n) is 4.26. The number of hydrogen-bond donors (Lipinski definition) is 0. The molecule has 0 bridgehead atoms. The van der Waals surface area contributed by atoms with E-state index >= 15 is 0 Å². The lowest BCUT2D eigenvalue weighted by atomic mass is 10.0. The van der Waals surface area contributed by atoms with Crippen molar-refractivity contribution in [2.24, 2.45) is 0 Å². The van der Waals surface area contributed by atoms with Crippen molar-refractivity contribution < 1.29 is 13.6 Å². The van der Waals surface area contributed by atoms with Crippen LogP contribution in [0.2, 0.25) is 0 Å². The Labute approximate surface area is 137 Å². The van der Waals surface area contributed by atoms with Crippen molar-refractivity contribution in [2.45, 2.75) is 32.9 Å². The molecule has 0 unspecified atom stereocenters. The number of rotatable bonds is 3. The highest BCUT2D eigenvalue weighted by molar-refractivity contribution is 5.79. The Morgan fingerprint density at radius 3 is 2.88 bits per heavy atom. The van der Waals surface area contributed by atoms with E-state index in [1.807, 2.05) is 6.92 Å². The number of fused-ring (bicyclic) bond motifs is 1. The molecule has 3 rings (SSSR count). The van der Waals surface area contributed by atoms with Gasteiger partial charge in [0.15, 0.2) is 11.6 Å². The van der Waals surface area contributed by atoms with E-state index < -0.39 is 11.6 Å². The van der Waals surface area contributed by atoms with Gasteiger partial charge in [0.2, 0.25) is 5.91 Å². The molecule has 0 spiro atoms. The zero-order valence-electron chi connectivity index (χ0n) is 13.3. The topological polar surface area (TPSA) is 55.2 Å². The molecule has 0 radical (unpaired) electrons. The van der Waals surface area contributed by atoms with Crippen LogP contribution in [0.5, 0.6) is 0 Å². The summed E-state index contributed by atoms with van der Waals surface area (Å²) >= 11 is 0. The standard InChI is InChI=1S/C17H17F2N3O2/c1-2-21-10-20-14-9-22(7-6-12(14)17(21)24)15(23)8-11-4-3-5-13(18)16(11)19/h3-5,10H,2,6-9H2,1H3. The maximum atomic E-state index is 13.7. The zero-order chi connectivity index (χ0) is 17.3. The van der Waals surface area contributed by atoms with Gasteiger partial charge in [-0.2, -0.15) is 0 Å². The Bertz CT molecular complexity index is 848. The van der Waals surface area contributed by atoms with E-state index in [2.05, 4.69) is 4.98 Å². The van der Waals surface area contributed by atoms with E-state index in [0.717, 1.165) is 6.07 Å². The van der Waals surface area contributed by atoms with Gasteiger partial charge in [-0.1, -0.05) is 12.1 Å². The number of carbonyl (C=O) groups excluding carboxylic acids is 1. The highest BCUT2D eigenvalue weighted by Gasteiger charge is 2.25. The van der Waals surface area contributed by atoms with Crippen LogP contribution >= 0.6 is 0 Å². The van der Waals surface area contributed by atoms with Crippen molar-refractivity contribution in [2.75, 3.05) is 6.54 Å². The average Bonchev–Trinajstić information content (AvgIpc) is 2.59. The van der Waals surface area contributed by atoms with Crippen LogP contribution in [0.3, 0.4) is 0 Å². The van der Waals surface area contributed by atoms with Crippen LogP contribution in [-0.2, 0) is 30.7 Å². The van der Waals surface area contributed by atoms with Crippen LogP contribution in [0.25, 0.3) is 0 Å². The van der Waals surface area contributed by atoms with Crippen LogP contribution < -0.4 is 5.56 Å². The van der Waals surface area contributed by atoms with E-state index in [1.54, 1.807) is 0 Å². The monoisotopic (exact) mass is 333 g/mol. The second-order valence-electron chi connectivity index (χ2n) is 5.72. The summed E-state index contributed by atoms with van der Waals surface area (Å²) in [6.45, 7) is 2.99. The molecule has 0 fully saturated rings. The number of aromatic nitrogens is 2. The molecule has 0 atom stereocenters. The fourth-order valence-corrected chi connectivity index (χ4v) is 2.86. The van der Waals surface area contributed by atoms with Gasteiger partial charge in [-0.25, -0.2) is 13.8 Å². The van der Waals surface area contributed by atoms with E-state index in [-0.39, 0.29) is 30.0 Å². The SMILES string of the molecule is CCn1cnc2c(c1=O)CCN(C(=O)Cc1cccc(F)c1F)C2. The van der Waals surface area contributed by atoms with Crippen LogP contribution in [0.4, 0.5) is 8.78 Å². The van der Waals surface area contributed by atoms with E-state index in [0.29, 0.717) is 30.8 Å². The summed E-state index contributed by atoms with van der Waals surface area (Å²) in [5.74, 6) is -2.27. The van der Waals surface area contributed by atoms with Gasteiger partial charge in [0.05, 0.1) is 25.0 Å². The normalized spacial score (nSPS) is 13.7. The maximum Gasteiger partial charge on any atom is 0.256 e. The van der Waals surface area contributed by atoms with Crippen LogP contribution in [-0.4, -0.2) is 26.9 Å². The number of aryl methyl sites for hydroxylation is 1. The Balaban J connectivity index is 1.78. The van der Waals surface area contributed by atoms with Gasteiger partial charge in [-0.05, 0) is 19.4 Å². The number of benzene rings is 1. The highest BCUT2D eigenvalue weighted by Crippen LogP contribution is 2.17. The Kier molecular flexibility index (Phi) is 4.42. The molecule has 5 nitrogen and oxygen atoms in total. The summed E-state index contributed by atoms with van der Waals surface area (Å²) < 4.78 is 28.5. The molecule has 1 aromatic carbocycles. The first kappa shape index (κ1) is 16.3. The molecular formula is C17H17F2N3O2. The second-order valence-corrected chi connectivity index (χ2v) is 5.72. The summed E-state index contributed by atoms with van der Waals surface area (Å²) in [6.07, 6.45) is 1.67. The lowest BCUT2D eigenvalue weighted by Crippen LogP contribution is -2.41. The third-order valence-corrected chi connectivity index (χ3v) is 4.26. The van der Waals surface area contributed by atoms with Crippen molar-refractivity contribution in [1.29, 1.82) is 0 Å². The summed E-state index contributed by atoms with van der Waals surface area (Å²) in [5, 5.41) is 0. The molecule has 1 amide bonds. The number of halogens is 2. The van der Waals surface area contributed by atoms with Gasteiger partial charge in [0, 0.05) is 24.2 Å². The number of amides is 1. The van der Waals surface area contributed by atoms with Crippen molar-refractivity contribution in [3.63, 3.8) is 0 Å². The summed E-state index contributed by atoms with van der Waals surface area (Å²) in [6, 6.07) is 3.79. The predicted molar refractivity (Wildman–Crippen MR) is 83.4 cm³/mol. The van der Waals surface area contributed by atoms with Crippen molar-refractivity contribution >= 4 is 5.91 Å². The minimum absolute atomic E-state index is 0.0279. The summed E-state index contributed by atoms with van der Waals surface area (Å²) in [5.41, 5.74) is 1.15. The van der Waals surface area contributed by atoms with Gasteiger partial charge in [0.1, 0.15) is 0 Å². The smallest absolute Gasteiger partial charge is 0.256 e. The second kappa shape index (κ2) is 6.51. The molecule has 0 saturated carbocycles. The molecule has 2 aromatic rings.